The average molecular weight is 498 g/mol. The second-order valence-corrected chi connectivity index (χ2v) is 9.23. The van der Waals surface area contributed by atoms with Crippen molar-refractivity contribution < 1.29 is 59.5 Å². The minimum Gasteiger partial charge on any atom is -0.504 e. The molecule has 0 radical (unpaired) electrons. The van der Waals surface area contributed by atoms with Crippen molar-refractivity contribution in [2.75, 3.05) is 6.61 Å². The lowest BCUT2D eigenvalue weighted by molar-refractivity contribution is -0.278. The third kappa shape index (κ3) is 6.03. The number of aromatic carboxylic acids is 1. The van der Waals surface area contributed by atoms with Gasteiger partial charge in [0.2, 0.25) is 12.0 Å². The Bertz CT molecular complexity index is 981. The molecule has 194 valence electrons. The lowest BCUT2D eigenvalue weighted by Gasteiger charge is -2.40. The van der Waals surface area contributed by atoms with E-state index in [0.717, 1.165) is 12.1 Å². The Labute approximate surface area is 200 Å². The molecule has 12 nitrogen and oxygen atoms in total. The quantitative estimate of drug-likeness (QED) is 0.196. The monoisotopic (exact) mass is 498 g/mol. The SMILES string of the molecule is CC(C)(O)C1CC=C(C(=O)OC[C@H]2O[C@@H](Oc3cc(C(=O)O)cc(O)c3O)[C@H](O)[C@@H](O)[C@@H]2O)CC1. The number of hydrogen-bond acceptors (Lipinski definition) is 11. The fourth-order valence-corrected chi connectivity index (χ4v) is 3.99. The van der Waals surface area contributed by atoms with Crippen molar-refractivity contribution in [2.24, 2.45) is 5.92 Å². The molecule has 6 atom stereocenters. The molecular formula is C23H30O12. The van der Waals surface area contributed by atoms with Crippen LogP contribution in [-0.4, -0.2) is 90.6 Å². The number of hydrogen-bond donors (Lipinski definition) is 7. The molecule has 0 bridgehead atoms. The number of ether oxygens (including phenoxy) is 3. The summed E-state index contributed by atoms with van der Waals surface area (Å²) in [6, 6.07) is 1.66. The lowest BCUT2D eigenvalue weighted by Crippen LogP contribution is -2.60. The predicted molar refractivity (Wildman–Crippen MR) is 117 cm³/mol. The van der Waals surface area contributed by atoms with E-state index in [0.29, 0.717) is 24.8 Å². The van der Waals surface area contributed by atoms with E-state index in [9.17, 15) is 40.2 Å². The normalized spacial score (nSPS) is 29.3. The smallest absolute Gasteiger partial charge is 0.335 e. The van der Waals surface area contributed by atoms with Gasteiger partial charge in [-0.05, 0) is 51.2 Å². The highest BCUT2D eigenvalue weighted by molar-refractivity contribution is 5.89. The molecular weight excluding hydrogens is 468 g/mol. The number of esters is 1. The molecule has 1 unspecified atom stereocenters. The number of aromatic hydroxyl groups is 2. The first-order valence-corrected chi connectivity index (χ1v) is 11.0. The van der Waals surface area contributed by atoms with Crippen molar-refractivity contribution in [1.82, 2.24) is 0 Å². The Morgan fingerprint density at radius 1 is 1.11 bits per heavy atom. The summed E-state index contributed by atoms with van der Waals surface area (Å²) < 4.78 is 15.9. The molecule has 0 amide bonds. The third-order valence-corrected chi connectivity index (χ3v) is 6.26. The number of aliphatic hydroxyl groups excluding tert-OH is 3. The summed E-state index contributed by atoms with van der Waals surface area (Å²) in [4.78, 5) is 23.7. The lowest BCUT2D eigenvalue weighted by atomic mass is 9.79. The minimum absolute atomic E-state index is 0.00688. The van der Waals surface area contributed by atoms with E-state index in [-0.39, 0.29) is 5.92 Å². The zero-order valence-electron chi connectivity index (χ0n) is 19.2. The van der Waals surface area contributed by atoms with Crippen LogP contribution in [0.2, 0.25) is 0 Å². The number of allylic oxidation sites excluding steroid dienone is 1. The number of carboxylic acids is 1. The van der Waals surface area contributed by atoms with Gasteiger partial charge in [0.05, 0.1) is 11.2 Å². The summed E-state index contributed by atoms with van der Waals surface area (Å²) in [5, 5.41) is 69.7. The number of phenols is 2. The Kier molecular flexibility index (Phi) is 7.92. The molecule has 1 saturated heterocycles. The van der Waals surface area contributed by atoms with Crippen molar-refractivity contribution >= 4 is 11.9 Å². The van der Waals surface area contributed by atoms with E-state index in [1.54, 1.807) is 19.9 Å². The first-order valence-electron chi connectivity index (χ1n) is 11.0. The summed E-state index contributed by atoms with van der Waals surface area (Å²) in [5.41, 5.74) is -0.915. The Balaban J connectivity index is 1.67. The Morgan fingerprint density at radius 3 is 2.37 bits per heavy atom. The van der Waals surface area contributed by atoms with Gasteiger partial charge in [0.1, 0.15) is 31.0 Å². The number of rotatable bonds is 7. The second-order valence-electron chi connectivity index (χ2n) is 9.23. The van der Waals surface area contributed by atoms with Gasteiger partial charge in [-0.2, -0.15) is 0 Å². The number of carboxylic acid groups (broad SMARTS) is 1. The predicted octanol–water partition coefficient (Wildman–Crippen LogP) is 0.0230. The zero-order valence-corrected chi connectivity index (χ0v) is 19.2. The van der Waals surface area contributed by atoms with Crippen LogP contribution in [0.1, 0.15) is 43.5 Å². The highest BCUT2D eigenvalue weighted by Crippen LogP contribution is 2.38. The fraction of sp³-hybridized carbons (Fsp3) is 0.565. The largest absolute Gasteiger partial charge is 0.504 e. The summed E-state index contributed by atoms with van der Waals surface area (Å²) >= 11 is 0. The van der Waals surface area contributed by atoms with Gasteiger partial charge in [0.15, 0.2) is 11.5 Å². The molecule has 0 spiro atoms. The summed E-state index contributed by atoms with van der Waals surface area (Å²) in [7, 11) is 0. The maximum Gasteiger partial charge on any atom is 0.335 e. The van der Waals surface area contributed by atoms with Gasteiger partial charge < -0.3 is 50.0 Å². The van der Waals surface area contributed by atoms with Crippen LogP contribution in [0, 0.1) is 5.92 Å². The summed E-state index contributed by atoms with van der Waals surface area (Å²) in [6.45, 7) is 2.89. The molecule has 35 heavy (non-hydrogen) atoms. The van der Waals surface area contributed by atoms with Crippen LogP contribution in [0.4, 0.5) is 0 Å². The second kappa shape index (κ2) is 10.4. The van der Waals surface area contributed by atoms with Gasteiger partial charge in [-0.1, -0.05) is 6.08 Å². The van der Waals surface area contributed by atoms with Gasteiger partial charge in [-0.15, -0.1) is 0 Å². The van der Waals surface area contributed by atoms with Crippen molar-refractivity contribution in [2.45, 2.75) is 69.4 Å². The number of benzene rings is 1. The summed E-state index contributed by atoms with van der Waals surface area (Å²) in [5.74, 6) is -4.29. The van der Waals surface area contributed by atoms with Crippen LogP contribution in [0.5, 0.6) is 17.2 Å². The van der Waals surface area contributed by atoms with Crippen molar-refractivity contribution in [3.63, 3.8) is 0 Å². The molecule has 1 aliphatic carbocycles. The number of carbonyl (C=O) groups excluding carboxylic acids is 1. The van der Waals surface area contributed by atoms with E-state index in [1.807, 2.05) is 0 Å². The highest BCUT2D eigenvalue weighted by Gasteiger charge is 2.46. The van der Waals surface area contributed by atoms with Gasteiger partial charge in [0, 0.05) is 5.57 Å². The third-order valence-electron chi connectivity index (χ3n) is 6.26. The summed E-state index contributed by atoms with van der Waals surface area (Å²) in [6.07, 6.45) is -5.20. The van der Waals surface area contributed by atoms with Gasteiger partial charge in [-0.25, -0.2) is 9.59 Å². The van der Waals surface area contributed by atoms with Gasteiger partial charge in [-0.3, -0.25) is 0 Å². The molecule has 0 saturated carbocycles. The van der Waals surface area contributed by atoms with Crippen LogP contribution < -0.4 is 4.74 Å². The molecule has 7 N–H and O–H groups in total. The van der Waals surface area contributed by atoms with Crippen molar-refractivity contribution in [1.29, 1.82) is 0 Å². The molecule has 1 heterocycles. The number of carbonyl (C=O) groups is 2. The molecule has 3 rings (SSSR count). The van der Waals surface area contributed by atoms with E-state index >= 15 is 0 Å². The van der Waals surface area contributed by atoms with Gasteiger partial charge in [0.25, 0.3) is 0 Å². The fourth-order valence-electron chi connectivity index (χ4n) is 3.99. The van der Waals surface area contributed by atoms with E-state index < -0.39 is 77.7 Å². The maximum absolute atomic E-state index is 12.5. The van der Waals surface area contributed by atoms with Crippen molar-refractivity contribution in [3.8, 4) is 17.2 Å². The molecule has 1 aromatic carbocycles. The molecule has 1 aromatic rings. The van der Waals surface area contributed by atoms with E-state index in [1.165, 1.54) is 0 Å². The van der Waals surface area contributed by atoms with Crippen LogP contribution >= 0.6 is 0 Å². The topological polar surface area (TPSA) is 203 Å². The van der Waals surface area contributed by atoms with Crippen LogP contribution in [0.15, 0.2) is 23.8 Å². The van der Waals surface area contributed by atoms with Gasteiger partial charge >= 0.3 is 11.9 Å². The van der Waals surface area contributed by atoms with Crippen LogP contribution in [0.3, 0.4) is 0 Å². The minimum atomic E-state index is -1.83. The standard InChI is InChI=1S/C23H30O12/c1-23(2,32)12-5-3-10(4-6-12)21(31)33-9-15-17(26)18(27)19(28)22(35-15)34-14-8-11(20(29)30)7-13(24)16(14)25/h3,7-8,12,15,17-19,22,24-28,32H,4-6,9H2,1-2H3,(H,29,30)/t12?,15-,17-,18+,19-,22-/m1/s1. The molecule has 12 heteroatoms. The zero-order chi connectivity index (χ0) is 26.1. The Morgan fingerprint density at radius 2 is 1.80 bits per heavy atom. The van der Waals surface area contributed by atoms with Crippen molar-refractivity contribution in [3.05, 3.63) is 29.3 Å². The first kappa shape index (κ1) is 26.7. The first-order chi connectivity index (χ1) is 16.3. The Hall–Kier alpha value is -2.90. The average Bonchev–Trinajstić information content (AvgIpc) is 2.80. The highest BCUT2D eigenvalue weighted by atomic mass is 16.7. The molecule has 1 fully saturated rings. The number of phenolic OH excluding ortho intramolecular Hbond substituents is 2. The molecule has 2 aliphatic rings. The molecule has 1 aliphatic heterocycles. The van der Waals surface area contributed by atoms with E-state index in [2.05, 4.69) is 0 Å². The molecule has 0 aromatic heterocycles. The van der Waals surface area contributed by atoms with Crippen LogP contribution in [-0.2, 0) is 14.3 Å². The van der Waals surface area contributed by atoms with Crippen LogP contribution in [0.25, 0.3) is 0 Å². The number of aliphatic hydroxyl groups is 4. The van der Waals surface area contributed by atoms with E-state index in [4.69, 9.17) is 19.3 Å². The maximum atomic E-state index is 12.5.